The van der Waals surface area contributed by atoms with Gasteiger partial charge in [-0.25, -0.2) is 8.78 Å². The van der Waals surface area contributed by atoms with Crippen molar-refractivity contribution in [2.24, 2.45) is 0 Å². The molecule has 214 valence electrons. The molecule has 3 aromatic heterocycles. The fraction of sp³-hybridized carbons (Fsp3) is 0.533. The lowest BCUT2D eigenvalue weighted by Crippen LogP contribution is -2.56. The maximum absolute atomic E-state index is 16.6. The predicted octanol–water partition coefficient (Wildman–Crippen LogP) is 4.73. The van der Waals surface area contributed by atoms with Crippen molar-refractivity contribution < 1.29 is 18.3 Å². The van der Waals surface area contributed by atoms with Gasteiger partial charge in [0, 0.05) is 49.6 Å². The molecule has 41 heavy (non-hydrogen) atoms. The monoisotopic (exact) mass is 561 g/mol. The Morgan fingerprint density at radius 1 is 1.12 bits per heavy atom. The van der Waals surface area contributed by atoms with Crippen LogP contribution in [0.1, 0.15) is 44.1 Å². The fourth-order valence-electron chi connectivity index (χ4n) is 7.58. The summed E-state index contributed by atoms with van der Waals surface area (Å²) in [5.41, 5.74) is 2.21. The number of ether oxygens (including phenoxy) is 2. The number of pyridine rings is 1. The summed E-state index contributed by atoms with van der Waals surface area (Å²) in [5.74, 6) is 0.0797. The van der Waals surface area contributed by atoms with Gasteiger partial charge in [0.2, 0.25) is 0 Å². The van der Waals surface area contributed by atoms with Crippen molar-refractivity contribution in [2.45, 2.75) is 62.8 Å². The summed E-state index contributed by atoms with van der Waals surface area (Å²) < 4.78 is 43.3. The molecule has 1 spiro atoms. The lowest BCUT2D eigenvalue weighted by atomic mass is 9.86. The molecule has 0 saturated carbocycles. The van der Waals surface area contributed by atoms with Crippen LogP contribution in [0.4, 0.5) is 14.6 Å². The number of nitrogens with zero attached hydrogens (tertiary/aromatic N) is 6. The second-order valence-electron chi connectivity index (χ2n) is 12.3. The van der Waals surface area contributed by atoms with Crippen LogP contribution in [0, 0.1) is 12.7 Å². The Bertz CT molecular complexity index is 1660. The molecule has 4 aromatic rings. The molecular formula is C30H33F2N7O2. The molecule has 0 radical (unpaired) electrons. The van der Waals surface area contributed by atoms with E-state index in [1.807, 2.05) is 19.1 Å². The van der Waals surface area contributed by atoms with Gasteiger partial charge in [-0.2, -0.15) is 15.1 Å². The quantitative estimate of drug-likeness (QED) is 0.374. The molecule has 4 aliphatic rings. The Morgan fingerprint density at radius 3 is 2.85 bits per heavy atom. The Hall–Kier alpha value is -3.44. The summed E-state index contributed by atoms with van der Waals surface area (Å²) in [6.45, 7) is 5.73. The maximum atomic E-state index is 16.6. The summed E-state index contributed by atoms with van der Waals surface area (Å²) in [5, 5.41) is 8.46. The number of H-pyrrole nitrogens is 1. The maximum Gasteiger partial charge on any atom is 0.319 e. The zero-order valence-electron chi connectivity index (χ0n) is 23.1. The second-order valence-corrected chi connectivity index (χ2v) is 12.3. The van der Waals surface area contributed by atoms with Gasteiger partial charge < -0.3 is 14.4 Å². The summed E-state index contributed by atoms with van der Waals surface area (Å²) >= 11 is 0. The molecule has 0 bridgehead atoms. The highest BCUT2D eigenvalue weighted by Gasteiger charge is 2.49. The third-order valence-corrected chi connectivity index (χ3v) is 9.75. The molecule has 1 N–H and O–H groups in total. The Labute approximate surface area is 236 Å². The van der Waals surface area contributed by atoms with E-state index < -0.39 is 12.0 Å². The van der Waals surface area contributed by atoms with Crippen molar-refractivity contribution in [3.05, 3.63) is 35.9 Å². The van der Waals surface area contributed by atoms with Crippen LogP contribution in [0.3, 0.4) is 0 Å². The Kier molecular flexibility index (Phi) is 5.73. The number of anilines is 1. The summed E-state index contributed by atoms with van der Waals surface area (Å²) in [6, 6.07) is 3.97. The van der Waals surface area contributed by atoms with E-state index in [4.69, 9.17) is 14.5 Å². The first-order valence-electron chi connectivity index (χ1n) is 14.6. The highest BCUT2D eigenvalue weighted by Crippen LogP contribution is 2.42. The highest BCUT2D eigenvalue weighted by atomic mass is 19.1. The van der Waals surface area contributed by atoms with Gasteiger partial charge in [-0.05, 0) is 50.8 Å². The number of alkyl halides is 1. The van der Waals surface area contributed by atoms with E-state index in [0.717, 1.165) is 68.3 Å². The van der Waals surface area contributed by atoms with Crippen molar-refractivity contribution in [3.63, 3.8) is 0 Å². The van der Waals surface area contributed by atoms with Crippen molar-refractivity contribution in [1.82, 2.24) is 30.0 Å². The fourth-order valence-corrected chi connectivity index (χ4v) is 7.58. The molecule has 4 fully saturated rings. The van der Waals surface area contributed by atoms with Gasteiger partial charge in [0.25, 0.3) is 0 Å². The average molecular weight is 562 g/mol. The summed E-state index contributed by atoms with van der Waals surface area (Å²) in [7, 11) is 0. The number of aromatic nitrogens is 5. The molecule has 0 aliphatic carbocycles. The number of hydrogen-bond acceptors (Lipinski definition) is 8. The van der Waals surface area contributed by atoms with Crippen molar-refractivity contribution >= 4 is 27.6 Å². The van der Waals surface area contributed by atoms with Gasteiger partial charge in [0.15, 0.2) is 5.82 Å². The number of halogens is 2. The molecule has 7 heterocycles. The lowest BCUT2D eigenvalue weighted by molar-refractivity contribution is -0.151. The number of hydrogen-bond donors (Lipinski definition) is 1. The topological polar surface area (TPSA) is 92.3 Å². The molecule has 8 rings (SSSR count). The van der Waals surface area contributed by atoms with Crippen LogP contribution < -0.4 is 9.64 Å². The molecule has 4 aliphatic heterocycles. The van der Waals surface area contributed by atoms with E-state index in [0.29, 0.717) is 36.3 Å². The Morgan fingerprint density at radius 2 is 2.00 bits per heavy atom. The van der Waals surface area contributed by atoms with Crippen LogP contribution in [0.5, 0.6) is 6.01 Å². The SMILES string of the molecule is Cc1ccc2[nH]ncc2c1-c1ncc2c(N3CCCC4(CCO4)C3)nc(OC[C@@]34CCCN3C[C@H](F)C4)nc2c1F. The number of benzene rings is 1. The largest absolute Gasteiger partial charge is 0.461 e. The summed E-state index contributed by atoms with van der Waals surface area (Å²) in [6.07, 6.45) is 7.79. The smallest absolute Gasteiger partial charge is 0.319 e. The standard InChI is InChI=1S/C30H33F2N7O2/c1-18-4-5-22-20(14-34-37-22)23(18)26-24(32)25-21(13-33-26)27(38-9-3-7-30(16-38)8-11-41-30)36-28(35-25)40-17-29-6-2-10-39(29)15-19(31)12-29/h4-5,13-14,19H,2-3,6-12,15-17H2,1H3,(H,34,37)/t19-,29+,30?/m1/s1. The molecule has 9 nitrogen and oxygen atoms in total. The molecule has 1 unspecified atom stereocenters. The molecule has 3 atom stereocenters. The lowest BCUT2D eigenvalue weighted by Gasteiger charge is -2.48. The molecule has 1 aromatic carbocycles. The number of fused-ring (bicyclic) bond motifs is 3. The van der Waals surface area contributed by atoms with Crippen LogP contribution in [0.2, 0.25) is 0 Å². The number of rotatable bonds is 5. The first-order chi connectivity index (χ1) is 19.9. The van der Waals surface area contributed by atoms with Gasteiger partial charge in [-0.15, -0.1) is 0 Å². The number of piperidine rings is 1. The van der Waals surface area contributed by atoms with E-state index in [-0.39, 0.29) is 35.0 Å². The minimum Gasteiger partial charge on any atom is -0.461 e. The van der Waals surface area contributed by atoms with Crippen molar-refractivity contribution in [3.8, 4) is 17.3 Å². The highest BCUT2D eigenvalue weighted by molar-refractivity contribution is 5.98. The number of aryl methyl sites for hydroxylation is 1. The minimum absolute atomic E-state index is 0.111. The first kappa shape index (κ1) is 25.3. The van der Waals surface area contributed by atoms with Gasteiger partial charge in [0.1, 0.15) is 29.8 Å². The van der Waals surface area contributed by atoms with E-state index in [1.165, 1.54) is 0 Å². The van der Waals surface area contributed by atoms with Crippen LogP contribution in [-0.2, 0) is 4.74 Å². The van der Waals surface area contributed by atoms with E-state index >= 15 is 4.39 Å². The molecular weight excluding hydrogens is 528 g/mol. The molecule has 4 saturated heterocycles. The van der Waals surface area contributed by atoms with Crippen molar-refractivity contribution in [2.75, 3.05) is 44.3 Å². The van der Waals surface area contributed by atoms with E-state index in [1.54, 1.807) is 12.4 Å². The van der Waals surface area contributed by atoms with Crippen LogP contribution in [-0.4, -0.2) is 86.8 Å². The Balaban J connectivity index is 1.24. The van der Waals surface area contributed by atoms with Crippen LogP contribution in [0.25, 0.3) is 33.1 Å². The predicted molar refractivity (Wildman–Crippen MR) is 150 cm³/mol. The van der Waals surface area contributed by atoms with Crippen molar-refractivity contribution in [1.29, 1.82) is 0 Å². The van der Waals surface area contributed by atoms with E-state index in [2.05, 4.69) is 30.0 Å². The van der Waals surface area contributed by atoms with Crippen LogP contribution >= 0.6 is 0 Å². The zero-order chi connectivity index (χ0) is 27.8. The third kappa shape index (κ3) is 3.99. The van der Waals surface area contributed by atoms with E-state index in [9.17, 15) is 4.39 Å². The van der Waals surface area contributed by atoms with Crippen LogP contribution in [0.15, 0.2) is 24.5 Å². The average Bonchev–Trinajstić information content (AvgIpc) is 3.66. The van der Waals surface area contributed by atoms with Gasteiger partial charge in [-0.3, -0.25) is 15.0 Å². The molecule has 0 amide bonds. The first-order valence-corrected chi connectivity index (χ1v) is 14.6. The minimum atomic E-state index is -0.862. The van der Waals surface area contributed by atoms with Gasteiger partial charge in [0.05, 0.1) is 34.8 Å². The van der Waals surface area contributed by atoms with Gasteiger partial charge in [-0.1, -0.05) is 6.07 Å². The zero-order valence-corrected chi connectivity index (χ0v) is 23.1. The second kappa shape index (κ2) is 9.29. The van der Waals surface area contributed by atoms with Gasteiger partial charge >= 0.3 is 6.01 Å². The number of nitrogens with one attached hydrogen (secondary N) is 1. The third-order valence-electron chi connectivity index (χ3n) is 9.75. The number of aromatic amines is 1. The normalized spacial score (nSPS) is 28.1. The summed E-state index contributed by atoms with van der Waals surface area (Å²) in [4.78, 5) is 18.5. The molecule has 11 heteroatoms.